The molecular formula is C10H17N3O. The molecule has 2 rings (SSSR count). The van der Waals surface area contributed by atoms with Gasteiger partial charge in [-0.3, -0.25) is 4.90 Å². The van der Waals surface area contributed by atoms with Gasteiger partial charge in [0.2, 0.25) is 0 Å². The Labute approximate surface area is 84.0 Å². The number of hydrogen-bond donors (Lipinski definition) is 1. The van der Waals surface area contributed by atoms with E-state index >= 15 is 0 Å². The third kappa shape index (κ3) is 2.33. The van der Waals surface area contributed by atoms with Crippen molar-refractivity contribution in [1.29, 1.82) is 0 Å². The molecule has 0 aliphatic carbocycles. The van der Waals surface area contributed by atoms with Crippen LogP contribution in [0, 0.1) is 6.92 Å². The molecule has 0 spiro atoms. The van der Waals surface area contributed by atoms with E-state index in [4.69, 9.17) is 10.3 Å². The molecule has 14 heavy (non-hydrogen) atoms. The topological polar surface area (TPSA) is 55.3 Å². The lowest BCUT2D eigenvalue weighted by Gasteiger charge is -2.29. The summed E-state index contributed by atoms with van der Waals surface area (Å²) in [6.45, 7) is 4.88. The van der Waals surface area contributed by atoms with E-state index in [1.54, 1.807) is 0 Å². The summed E-state index contributed by atoms with van der Waals surface area (Å²) in [6.07, 6.45) is 2.34. The third-order valence-corrected chi connectivity index (χ3v) is 2.60. The summed E-state index contributed by atoms with van der Waals surface area (Å²) in [5.41, 5.74) is 6.91. The van der Waals surface area contributed by atoms with Gasteiger partial charge in [-0.25, -0.2) is 0 Å². The Morgan fingerprint density at radius 1 is 1.71 bits per heavy atom. The standard InChI is InChI=1S/C10H17N3O/c1-8-5-10(12-14-8)7-13-4-2-3-9(11)6-13/h5,9H,2-4,6-7,11H2,1H3/t9-/m1/s1. The fourth-order valence-electron chi connectivity index (χ4n) is 1.96. The number of nitrogens with zero attached hydrogens (tertiary/aromatic N) is 2. The quantitative estimate of drug-likeness (QED) is 0.762. The van der Waals surface area contributed by atoms with Crippen molar-refractivity contribution in [3.8, 4) is 0 Å². The predicted molar refractivity (Wildman–Crippen MR) is 53.7 cm³/mol. The molecule has 1 aromatic rings. The lowest BCUT2D eigenvalue weighted by Crippen LogP contribution is -2.42. The maximum Gasteiger partial charge on any atom is 0.133 e. The average molecular weight is 195 g/mol. The van der Waals surface area contributed by atoms with Gasteiger partial charge < -0.3 is 10.3 Å². The van der Waals surface area contributed by atoms with Gasteiger partial charge in [0, 0.05) is 25.2 Å². The summed E-state index contributed by atoms with van der Waals surface area (Å²) >= 11 is 0. The van der Waals surface area contributed by atoms with Crippen molar-refractivity contribution in [3.63, 3.8) is 0 Å². The van der Waals surface area contributed by atoms with Gasteiger partial charge in [-0.15, -0.1) is 0 Å². The zero-order valence-electron chi connectivity index (χ0n) is 8.57. The molecule has 78 valence electrons. The van der Waals surface area contributed by atoms with Crippen LogP contribution in [0.15, 0.2) is 10.6 Å². The Bertz CT molecular complexity index is 297. The van der Waals surface area contributed by atoms with Gasteiger partial charge in [0.1, 0.15) is 5.76 Å². The van der Waals surface area contributed by atoms with Crippen LogP contribution in [0.25, 0.3) is 0 Å². The first-order valence-corrected chi connectivity index (χ1v) is 5.14. The molecule has 2 heterocycles. The largest absolute Gasteiger partial charge is 0.361 e. The normalized spacial score (nSPS) is 24.0. The van der Waals surface area contributed by atoms with Gasteiger partial charge in [0.25, 0.3) is 0 Å². The van der Waals surface area contributed by atoms with Crippen molar-refractivity contribution in [2.75, 3.05) is 13.1 Å². The highest BCUT2D eigenvalue weighted by Gasteiger charge is 2.17. The lowest BCUT2D eigenvalue weighted by atomic mass is 10.1. The minimum absolute atomic E-state index is 0.330. The molecule has 0 unspecified atom stereocenters. The molecular weight excluding hydrogens is 178 g/mol. The Morgan fingerprint density at radius 2 is 2.57 bits per heavy atom. The van der Waals surface area contributed by atoms with Crippen molar-refractivity contribution >= 4 is 0 Å². The summed E-state index contributed by atoms with van der Waals surface area (Å²) in [4.78, 5) is 2.34. The molecule has 1 saturated heterocycles. The van der Waals surface area contributed by atoms with Crippen LogP contribution in [0.4, 0.5) is 0 Å². The van der Waals surface area contributed by atoms with E-state index in [1.165, 1.54) is 6.42 Å². The third-order valence-electron chi connectivity index (χ3n) is 2.60. The number of nitrogens with two attached hydrogens (primary N) is 1. The summed E-state index contributed by atoms with van der Waals surface area (Å²) in [5.74, 6) is 0.876. The van der Waals surface area contributed by atoms with E-state index in [0.29, 0.717) is 6.04 Å². The van der Waals surface area contributed by atoms with Gasteiger partial charge in [-0.1, -0.05) is 5.16 Å². The monoisotopic (exact) mass is 195 g/mol. The van der Waals surface area contributed by atoms with Crippen LogP contribution in [0.5, 0.6) is 0 Å². The number of hydrogen-bond acceptors (Lipinski definition) is 4. The zero-order chi connectivity index (χ0) is 9.97. The van der Waals surface area contributed by atoms with Crippen LogP contribution >= 0.6 is 0 Å². The Morgan fingerprint density at radius 3 is 3.21 bits per heavy atom. The minimum atomic E-state index is 0.330. The summed E-state index contributed by atoms with van der Waals surface area (Å²) in [5, 5.41) is 3.98. The summed E-state index contributed by atoms with van der Waals surface area (Å²) in [6, 6.07) is 2.32. The van der Waals surface area contributed by atoms with E-state index in [2.05, 4.69) is 10.1 Å². The highest BCUT2D eigenvalue weighted by molar-refractivity contribution is 5.03. The Balaban J connectivity index is 1.90. The highest BCUT2D eigenvalue weighted by Crippen LogP contribution is 2.12. The SMILES string of the molecule is Cc1cc(CN2CCC[C@@H](N)C2)no1. The number of piperidine rings is 1. The van der Waals surface area contributed by atoms with Gasteiger partial charge in [-0.2, -0.15) is 0 Å². The smallest absolute Gasteiger partial charge is 0.133 e. The number of aryl methyl sites for hydroxylation is 1. The fourth-order valence-corrected chi connectivity index (χ4v) is 1.96. The van der Waals surface area contributed by atoms with Crippen molar-refractivity contribution in [2.24, 2.45) is 5.73 Å². The molecule has 0 saturated carbocycles. The lowest BCUT2D eigenvalue weighted by molar-refractivity contribution is 0.196. The molecule has 0 amide bonds. The molecule has 1 fully saturated rings. The summed E-state index contributed by atoms with van der Waals surface area (Å²) in [7, 11) is 0. The van der Waals surface area contributed by atoms with Gasteiger partial charge in [0.05, 0.1) is 5.69 Å². The maximum absolute atomic E-state index is 5.90. The van der Waals surface area contributed by atoms with Crippen molar-refractivity contribution in [1.82, 2.24) is 10.1 Å². The molecule has 4 nitrogen and oxygen atoms in total. The van der Waals surface area contributed by atoms with E-state index < -0.39 is 0 Å². The molecule has 1 aromatic heterocycles. The van der Waals surface area contributed by atoms with Crippen molar-refractivity contribution < 1.29 is 4.52 Å². The second kappa shape index (κ2) is 4.11. The predicted octanol–water partition coefficient (Wildman–Crippen LogP) is 0.906. The van der Waals surface area contributed by atoms with Crippen molar-refractivity contribution in [2.45, 2.75) is 32.4 Å². The van der Waals surface area contributed by atoms with Crippen LogP contribution < -0.4 is 5.73 Å². The van der Waals surface area contributed by atoms with E-state index in [1.807, 2.05) is 13.0 Å². The first-order chi connectivity index (χ1) is 6.74. The molecule has 2 N–H and O–H groups in total. The van der Waals surface area contributed by atoms with Gasteiger partial charge in [-0.05, 0) is 26.3 Å². The van der Waals surface area contributed by atoms with Crippen LogP contribution in [-0.4, -0.2) is 29.2 Å². The molecule has 0 bridgehead atoms. The minimum Gasteiger partial charge on any atom is -0.361 e. The van der Waals surface area contributed by atoms with Gasteiger partial charge in [0.15, 0.2) is 0 Å². The molecule has 0 radical (unpaired) electrons. The summed E-state index contributed by atoms with van der Waals surface area (Å²) < 4.78 is 5.02. The zero-order valence-corrected chi connectivity index (χ0v) is 8.57. The maximum atomic E-state index is 5.90. The fraction of sp³-hybridized carbons (Fsp3) is 0.700. The number of rotatable bonds is 2. The first-order valence-electron chi connectivity index (χ1n) is 5.14. The van der Waals surface area contributed by atoms with Gasteiger partial charge >= 0.3 is 0 Å². The highest BCUT2D eigenvalue weighted by atomic mass is 16.5. The number of aromatic nitrogens is 1. The van der Waals surface area contributed by atoms with E-state index in [9.17, 15) is 0 Å². The van der Waals surface area contributed by atoms with E-state index in [0.717, 1.165) is 37.5 Å². The molecule has 1 atom stereocenters. The molecule has 1 aliphatic rings. The first kappa shape index (κ1) is 9.68. The van der Waals surface area contributed by atoms with Crippen LogP contribution in [0.2, 0.25) is 0 Å². The average Bonchev–Trinajstić information content (AvgIpc) is 2.51. The second-order valence-corrected chi connectivity index (χ2v) is 4.07. The van der Waals surface area contributed by atoms with Crippen molar-refractivity contribution in [3.05, 3.63) is 17.5 Å². The molecule has 1 aliphatic heterocycles. The Kier molecular flexibility index (Phi) is 2.84. The number of likely N-dealkylation sites (tertiary alicyclic amines) is 1. The molecule has 0 aromatic carbocycles. The van der Waals surface area contributed by atoms with Crippen LogP contribution in [0.1, 0.15) is 24.3 Å². The van der Waals surface area contributed by atoms with E-state index in [-0.39, 0.29) is 0 Å². The second-order valence-electron chi connectivity index (χ2n) is 4.07. The Hall–Kier alpha value is -0.870. The van der Waals surface area contributed by atoms with Crippen LogP contribution in [-0.2, 0) is 6.54 Å². The molecule has 4 heteroatoms. The van der Waals surface area contributed by atoms with Crippen LogP contribution in [0.3, 0.4) is 0 Å².